The number of ether oxygens (including phenoxy) is 1. The van der Waals surface area contributed by atoms with E-state index in [1.165, 1.54) is 25.7 Å². The molecular formula is C14H27IO. The van der Waals surface area contributed by atoms with Crippen molar-refractivity contribution in [3.63, 3.8) is 0 Å². The molecule has 1 nitrogen and oxygen atoms in total. The van der Waals surface area contributed by atoms with Gasteiger partial charge in [-0.05, 0) is 36.5 Å². The van der Waals surface area contributed by atoms with Crippen molar-refractivity contribution in [2.45, 2.75) is 63.9 Å². The smallest absolute Gasteiger partial charge is 0.109 e. The van der Waals surface area contributed by atoms with Crippen LogP contribution in [0.5, 0.6) is 0 Å². The Morgan fingerprint density at radius 1 is 1.19 bits per heavy atom. The van der Waals surface area contributed by atoms with Gasteiger partial charge >= 0.3 is 0 Å². The predicted octanol–water partition coefficient (Wildman–Crippen LogP) is 5.03. The van der Waals surface area contributed by atoms with Crippen LogP contribution in [0, 0.1) is 17.3 Å². The fourth-order valence-electron chi connectivity index (χ4n) is 2.28. The second-order valence-corrected chi connectivity index (χ2v) is 8.02. The van der Waals surface area contributed by atoms with E-state index in [9.17, 15) is 0 Å². The van der Waals surface area contributed by atoms with E-state index >= 15 is 0 Å². The Labute approximate surface area is 115 Å². The Balaban J connectivity index is 2.14. The molecule has 0 aromatic carbocycles. The zero-order valence-electron chi connectivity index (χ0n) is 11.3. The summed E-state index contributed by atoms with van der Waals surface area (Å²) in [6.07, 6.45) is 6.70. The van der Waals surface area contributed by atoms with Gasteiger partial charge in [0.15, 0.2) is 0 Å². The molecule has 1 rings (SSSR count). The second kappa shape index (κ2) is 6.58. The minimum Gasteiger partial charge on any atom is -0.368 e. The van der Waals surface area contributed by atoms with Crippen LogP contribution in [-0.4, -0.2) is 10.7 Å². The molecule has 1 atom stereocenters. The van der Waals surface area contributed by atoms with Crippen molar-refractivity contribution in [3.8, 4) is 0 Å². The van der Waals surface area contributed by atoms with Gasteiger partial charge in [0.25, 0.3) is 0 Å². The highest BCUT2D eigenvalue weighted by atomic mass is 127. The molecule has 0 heterocycles. The van der Waals surface area contributed by atoms with Gasteiger partial charge in [-0.25, -0.2) is 0 Å². The van der Waals surface area contributed by atoms with Crippen molar-refractivity contribution in [2.75, 3.05) is 6.61 Å². The van der Waals surface area contributed by atoms with Gasteiger partial charge in [0.1, 0.15) is 4.11 Å². The zero-order chi connectivity index (χ0) is 12.2. The van der Waals surface area contributed by atoms with Crippen molar-refractivity contribution in [3.05, 3.63) is 0 Å². The first-order chi connectivity index (χ1) is 7.37. The van der Waals surface area contributed by atoms with Crippen LogP contribution in [0.2, 0.25) is 0 Å². The van der Waals surface area contributed by atoms with E-state index in [2.05, 4.69) is 50.3 Å². The standard InChI is InChI=1S/C14H27IO/c1-11-5-7-12(8-6-11)10-16-13(15)9-14(2,3)4/h11-13H,5-10H2,1-4H3/t11?,12?,13-/m0/s1. The molecule has 0 N–H and O–H groups in total. The van der Waals surface area contributed by atoms with Crippen molar-refractivity contribution < 1.29 is 4.74 Å². The Kier molecular flexibility index (Phi) is 6.06. The molecule has 2 heteroatoms. The molecule has 16 heavy (non-hydrogen) atoms. The average Bonchev–Trinajstić information content (AvgIpc) is 2.14. The van der Waals surface area contributed by atoms with Crippen molar-refractivity contribution in [1.82, 2.24) is 0 Å². The summed E-state index contributed by atoms with van der Waals surface area (Å²) in [7, 11) is 0. The Morgan fingerprint density at radius 2 is 1.75 bits per heavy atom. The van der Waals surface area contributed by atoms with E-state index in [1.807, 2.05) is 0 Å². The minimum absolute atomic E-state index is 0.382. The number of hydrogen-bond acceptors (Lipinski definition) is 1. The van der Waals surface area contributed by atoms with Gasteiger partial charge in [0.05, 0.1) is 6.61 Å². The van der Waals surface area contributed by atoms with Gasteiger partial charge in [0.2, 0.25) is 0 Å². The highest BCUT2D eigenvalue weighted by molar-refractivity contribution is 14.1. The van der Waals surface area contributed by atoms with E-state index in [4.69, 9.17) is 4.74 Å². The first-order valence-corrected chi connectivity index (χ1v) is 7.87. The Hall–Kier alpha value is 0.690. The van der Waals surface area contributed by atoms with Crippen LogP contribution in [0.25, 0.3) is 0 Å². The van der Waals surface area contributed by atoms with Gasteiger partial charge in [-0.15, -0.1) is 0 Å². The number of rotatable bonds is 4. The zero-order valence-corrected chi connectivity index (χ0v) is 13.4. The highest BCUT2D eigenvalue weighted by Gasteiger charge is 2.21. The molecule has 0 spiro atoms. The molecule has 0 amide bonds. The third-order valence-corrected chi connectivity index (χ3v) is 4.22. The van der Waals surface area contributed by atoms with Crippen LogP contribution >= 0.6 is 22.6 Å². The summed E-state index contributed by atoms with van der Waals surface area (Å²) in [5, 5.41) is 0. The summed E-state index contributed by atoms with van der Waals surface area (Å²) >= 11 is 2.44. The molecule has 0 unspecified atom stereocenters. The van der Waals surface area contributed by atoms with E-state index in [0.29, 0.717) is 9.53 Å². The predicted molar refractivity (Wildman–Crippen MR) is 79.0 cm³/mol. The normalized spacial score (nSPS) is 29.1. The average molecular weight is 338 g/mol. The largest absolute Gasteiger partial charge is 0.368 e. The van der Waals surface area contributed by atoms with E-state index in [-0.39, 0.29) is 0 Å². The van der Waals surface area contributed by atoms with Crippen LogP contribution in [0.3, 0.4) is 0 Å². The molecule has 0 aliphatic heterocycles. The first-order valence-electron chi connectivity index (χ1n) is 6.62. The molecule has 0 saturated heterocycles. The summed E-state index contributed by atoms with van der Waals surface area (Å²) in [6.45, 7) is 10.2. The lowest BCUT2D eigenvalue weighted by atomic mass is 9.83. The van der Waals surface area contributed by atoms with Gasteiger partial charge in [-0.2, -0.15) is 0 Å². The maximum absolute atomic E-state index is 5.98. The summed E-state index contributed by atoms with van der Waals surface area (Å²) < 4.78 is 6.37. The SMILES string of the molecule is CC1CCC(CO[C@H](I)CC(C)(C)C)CC1. The molecule has 0 bridgehead atoms. The topological polar surface area (TPSA) is 9.23 Å². The highest BCUT2D eigenvalue weighted by Crippen LogP contribution is 2.30. The molecular weight excluding hydrogens is 311 g/mol. The van der Waals surface area contributed by atoms with E-state index in [1.54, 1.807) is 0 Å². The van der Waals surface area contributed by atoms with Crippen LogP contribution in [0.1, 0.15) is 59.8 Å². The summed E-state index contributed by atoms with van der Waals surface area (Å²) in [5.41, 5.74) is 0.382. The van der Waals surface area contributed by atoms with Crippen molar-refractivity contribution in [2.24, 2.45) is 17.3 Å². The molecule has 0 aromatic heterocycles. The van der Waals surface area contributed by atoms with Crippen LogP contribution in [0.4, 0.5) is 0 Å². The van der Waals surface area contributed by atoms with Gasteiger partial charge in [-0.3, -0.25) is 0 Å². The summed E-state index contributed by atoms with van der Waals surface area (Å²) in [4.78, 5) is 0. The Morgan fingerprint density at radius 3 is 2.25 bits per heavy atom. The second-order valence-electron chi connectivity index (χ2n) is 6.63. The van der Waals surface area contributed by atoms with Crippen molar-refractivity contribution in [1.29, 1.82) is 0 Å². The molecule has 0 radical (unpaired) electrons. The molecule has 1 fully saturated rings. The van der Waals surface area contributed by atoms with Gasteiger partial charge in [0, 0.05) is 0 Å². The number of alkyl halides is 1. The van der Waals surface area contributed by atoms with E-state index in [0.717, 1.165) is 24.9 Å². The number of hydrogen-bond donors (Lipinski definition) is 0. The molecule has 0 aromatic rings. The Bertz CT molecular complexity index is 189. The fraction of sp³-hybridized carbons (Fsp3) is 1.00. The molecule has 1 aliphatic rings. The lowest BCUT2D eigenvalue weighted by Gasteiger charge is -2.28. The fourth-order valence-corrected chi connectivity index (χ4v) is 3.81. The molecule has 1 aliphatic carbocycles. The summed E-state index contributed by atoms with van der Waals surface area (Å²) in [6, 6.07) is 0. The summed E-state index contributed by atoms with van der Waals surface area (Å²) in [5.74, 6) is 1.77. The maximum Gasteiger partial charge on any atom is 0.109 e. The number of halogens is 1. The third-order valence-electron chi connectivity index (χ3n) is 3.42. The van der Waals surface area contributed by atoms with Crippen LogP contribution < -0.4 is 0 Å². The first kappa shape index (κ1) is 14.7. The quantitative estimate of drug-likeness (QED) is 0.516. The molecule has 1 saturated carbocycles. The lowest BCUT2D eigenvalue weighted by molar-refractivity contribution is 0.0528. The maximum atomic E-state index is 5.98. The van der Waals surface area contributed by atoms with Gasteiger partial charge in [-0.1, -0.05) is 63.1 Å². The van der Waals surface area contributed by atoms with E-state index < -0.39 is 0 Å². The lowest BCUT2D eigenvalue weighted by Crippen LogP contribution is -2.22. The van der Waals surface area contributed by atoms with Gasteiger partial charge < -0.3 is 4.74 Å². The van der Waals surface area contributed by atoms with Crippen molar-refractivity contribution >= 4 is 22.6 Å². The minimum atomic E-state index is 0.382. The van der Waals surface area contributed by atoms with Crippen LogP contribution in [-0.2, 0) is 4.74 Å². The van der Waals surface area contributed by atoms with Crippen LogP contribution in [0.15, 0.2) is 0 Å². The molecule has 96 valence electrons. The third kappa shape index (κ3) is 6.43. The monoisotopic (exact) mass is 338 g/mol.